The van der Waals surface area contributed by atoms with Crippen molar-refractivity contribution in [2.45, 2.75) is 373 Å². The Hall–Kier alpha value is -7.55. The van der Waals surface area contributed by atoms with Gasteiger partial charge in [0.15, 0.2) is 0 Å². The van der Waals surface area contributed by atoms with Crippen molar-refractivity contribution in [2.75, 3.05) is 17.3 Å². The number of rotatable bonds is 62. The molecule has 22 nitrogen and oxygen atoms in total. The van der Waals surface area contributed by atoms with E-state index in [1.54, 1.807) is 6.08 Å². The molecule has 0 fully saturated rings. The Morgan fingerprint density at radius 3 is 0.926 bits per heavy atom. The van der Waals surface area contributed by atoms with Crippen molar-refractivity contribution in [3.05, 3.63) is 189 Å². The maximum atomic E-state index is 11.9. The lowest BCUT2D eigenvalue weighted by molar-refractivity contribution is -0.137. The van der Waals surface area contributed by atoms with E-state index in [1.165, 1.54) is 249 Å². The molecule has 24 heteroatoms. The number of benzene rings is 5. The van der Waals surface area contributed by atoms with E-state index in [2.05, 4.69) is 182 Å². The molecule has 0 aliphatic rings. The van der Waals surface area contributed by atoms with Crippen molar-refractivity contribution in [3.63, 3.8) is 0 Å². The highest BCUT2D eigenvalue weighted by molar-refractivity contribution is 7.89. The minimum absolute atomic E-state index is 0.0195. The van der Waals surface area contributed by atoms with Crippen LogP contribution in [-0.2, 0) is 104 Å². The Labute approximate surface area is 729 Å². The summed E-state index contributed by atoms with van der Waals surface area (Å²) in [5.41, 5.74) is 42.4. The van der Waals surface area contributed by atoms with Crippen LogP contribution in [0.5, 0.6) is 0 Å². The number of hydrogen-bond donors (Lipinski definition) is 11. The van der Waals surface area contributed by atoms with Gasteiger partial charge in [0.25, 0.3) is 16.1 Å². The third-order valence-electron chi connectivity index (χ3n) is 21.6. The number of sulfonamides is 1. The van der Waals surface area contributed by atoms with Crippen LogP contribution in [-0.4, -0.2) is 118 Å². The first-order chi connectivity index (χ1) is 58.1. The van der Waals surface area contributed by atoms with E-state index in [4.69, 9.17) is 43.4 Å². The number of nitrogens with zero attached hydrogens (tertiary/aromatic N) is 3. The summed E-state index contributed by atoms with van der Waals surface area (Å²) in [5, 5.41) is 32.8. The summed E-state index contributed by atoms with van der Waals surface area (Å²) in [6, 6.07) is 41.4. The van der Waals surface area contributed by atoms with Crippen LogP contribution in [0.2, 0.25) is 0 Å². The van der Waals surface area contributed by atoms with Gasteiger partial charge < -0.3 is 38.9 Å². The molecular formula is C97H159N11O11S2. The number of aryl methyl sites for hydroxylation is 10. The van der Waals surface area contributed by atoms with Crippen molar-refractivity contribution in [1.29, 1.82) is 0 Å². The molecule has 5 atom stereocenters. The van der Waals surface area contributed by atoms with Gasteiger partial charge in [-0.25, -0.2) is 13.2 Å². The largest absolute Gasteiger partial charge is 0.481 e. The summed E-state index contributed by atoms with van der Waals surface area (Å²) in [7, 11) is -7.46. The van der Waals surface area contributed by atoms with Crippen molar-refractivity contribution < 1.29 is 50.8 Å². The average molecular weight is 1720 g/mol. The first-order valence-corrected chi connectivity index (χ1v) is 49.4. The fraction of sp³-hybridized carbons (Fsp3) is 0.619. The van der Waals surface area contributed by atoms with E-state index in [0.29, 0.717) is 32.1 Å². The number of nitrogens with one attached hydrogen (secondary N) is 3. The van der Waals surface area contributed by atoms with Gasteiger partial charge in [-0.15, -0.1) is 5.10 Å². The van der Waals surface area contributed by atoms with Gasteiger partial charge in [0.05, 0.1) is 24.1 Å². The van der Waals surface area contributed by atoms with Gasteiger partial charge in [-0.1, -0.05) is 328 Å². The summed E-state index contributed by atoms with van der Waals surface area (Å²) >= 11 is 0. The van der Waals surface area contributed by atoms with E-state index in [-0.39, 0.29) is 42.2 Å². The normalized spacial score (nSPS) is 12.6. The van der Waals surface area contributed by atoms with Crippen LogP contribution < -0.4 is 38.7 Å². The minimum atomic E-state index is -3.90. The molecule has 5 unspecified atom stereocenters. The molecule has 2 amide bonds. The second-order valence-corrected chi connectivity index (χ2v) is 36.2. The summed E-state index contributed by atoms with van der Waals surface area (Å²) in [6.45, 7) is 11.2. The number of unbranched alkanes of at least 4 members (excludes halogenated alkanes) is 25. The maximum absolute atomic E-state index is 11.9. The van der Waals surface area contributed by atoms with Gasteiger partial charge in [-0.05, 0) is 202 Å². The number of carbonyl (C=O) groups is 4. The standard InChI is InChI=1S/C20H33NO2.C20H31NO2.C19H30N6O.C19H32N2O3S.C19H33NO3S/c2*1-2-3-4-5-6-7-8-17-9-11-18(12-10-17)13-14-19(21)15-16-20(22)23;1-2-3-4-5-6-7-8-15-9-11-16(12-10-15)13-14-17(20)18(26)21-19-22-24-25-23-19;1-3-4-5-6-7-8-9-16-10-12-17(13-11-16)14-15-18(20)19(22)21-25(2,23)24;1-2-3-4-5-6-7-8-17-9-11-18(12-10-17)13-14-19(20)15-16-24(21,22)23/h9-12,19H,2-8,13-16,21H2,1H3,(H,22,23);9-12,15-16,19H,2-8,13-14,21H2,1H3,(H,22,23);9-12,17H,2-8,13-14,20H2,1H3,(H2,21,22,23,24,25,26);10-13,18H,3-9,14-15,20H2,1-2H3,(H,21,22);9-12,19H,2-8,13-16,20H2,1H3,(H,21,22,23)/b;16-15+;;;. The first-order valence-electron chi connectivity index (χ1n) is 45.9. The van der Waals surface area contributed by atoms with Crippen LogP contribution in [0.4, 0.5) is 5.95 Å². The number of hydrogen-bond acceptors (Lipinski definition) is 16. The fourth-order valence-corrected chi connectivity index (χ4v) is 14.8. The lowest BCUT2D eigenvalue weighted by atomic mass is 10.00. The molecule has 0 radical (unpaired) electrons. The quantitative estimate of drug-likeness (QED) is 0.00959. The van der Waals surface area contributed by atoms with Crippen LogP contribution in [0.3, 0.4) is 0 Å². The monoisotopic (exact) mass is 1720 g/mol. The minimum Gasteiger partial charge on any atom is -0.481 e. The van der Waals surface area contributed by atoms with Crippen LogP contribution in [0.25, 0.3) is 0 Å². The van der Waals surface area contributed by atoms with Crippen LogP contribution >= 0.6 is 0 Å². The second kappa shape index (κ2) is 69.8. The van der Waals surface area contributed by atoms with Crippen molar-refractivity contribution in [2.24, 2.45) is 28.7 Å². The number of carboxylic acids is 2. The zero-order valence-corrected chi connectivity index (χ0v) is 76.5. The van der Waals surface area contributed by atoms with Gasteiger partial charge in [-0.3, -0.25) is 29.0 Å². The smallest absolute Gasteiger partial charge is 0.328 e. The van der Waals surface area contributed by atoms with Crippen LogP contribution in [0.1, 0.15) is 334 Å². The number of H-pyrrole nitrogens is 1. The predicted octanol–water partition coefficient (Wildman–Crippen LogP) is 19.3. The molecule has 5 aromatic carbocycles. The van der Waals surface area contributed by atoms with Crippen LogP contribution in [0, 0.1) is 0 Å². The van der Waals surface area contributed by atoms with E-state index < -0.39 is 50.1 Å². The third-order valence-corrected chi connectivity index (χ3v) is 22.9. The molecular weight excluding hydrogens is 1560 g/mol. The molecule has 1 aromatic heterocycles. The number of aromatic nitrogens is 4. The number of aromatic amines is 1. The Morgan fingerprint density at radius 1 is 0.380 bits per heavy atom. The second-order valence-electron chi connectivity index (χ2n) is 32.9. The molecule has 6 aromatic rings. The van der Waals surface area contributed by atoms with E-state index in [9.17, 15) is 36.0 Å². The Balaban J connectivity index is 0.000000513. The van der Waals surface area contributed by atoms with E-state index in [1.807, 2.05) is 4.72 Å². The number of nitrogens with two attached hydrogens (primary N) is 5. The highest BCUT2D eigenvalue weighted by Crippen LogP contribution is 2.20. The number of aliphatic carboxylic acids is 2. The van der Waals surface area contributed by atoms with Gasteiger partial charge in [0, 0.05) is 30.6 Å². The molecule has 0 bridgehead atoms. The molecule has 1 heterocycles. The highest BCUT2D eigenvalue weighted by Gasteiger charge is 2.19. The number of amides is 2. The Kier molecular flexibility index (Phi) is 63.2. The van der Waals surface area contributed by atoms with Gasteiger partial charge in [0.1, 0.15) is 0 Å². The summed E-state index contributed by atoms with van der Waals surface area (Å²) in [5.74, 6) is -2.78. The van der Waals surface area contributed by atoms with Crippen LogP contribution in [0.15, 0.2) is 133 Å². The topological polar surface area (TPSA) is 406 Å². The fourth-order valence-electron chi connectivity index (χ4n) is 13.7. The molecule has 121 heavy (non-hydrogen) atoms. The van der Waals surface area contributed by atoms with Gasteiger partial charge in [-0.2, -0.15) is 13.6 Å². The third kappa shape index (κ3) is 63.1. The molecule has 16 N–H and O–H groups in total. The molecule has 6 rings (SSSR count). The van der Waals surface area contributed by atoms with Gasteiger partial charge >= 0.3 is 11.9 Å². The predicted molar refractivity (Wildman–Crippen MR) is 500 cm³/mol. The maximum Gasteiger partial charge on any atom is 0.328 e. The first kappa shape index (κ1) is 110. The van der Waals surface area contributed by atoms with E-state index in [0.717, 1.165) is 88.5 Å². The van der Waals surface area contributed by atoms with Gasteiger partial charge in [0.2, 0.25) is 21.8 Å². The summed E-state index contributed by atoms with van der Waals surface area (Å²) in [4.78, 5) is 44.5. The van der Waals surface area contributed by atoms with Crippen molar-refractivity contribution >= 4 is 49.8 Å². The number of tetrazole rings is 1. The SMILES string of the molecule is CCCCCCCCc1ccc(CCC(N)/C=C/C(=O)O)cc1.CCCCCCCCc1ccc(CCC(N)C(=O)NS(C)(=O)=O)cc1.CCCCCCCCc1ccc(CCC(N)C(=O)Nc2nn[nH]n2)cc1.CCCCCCCCc1ccc(CCC(N)CCC(=O)O)cc1.CCCCCCCCc1ccc(CCC(N)CCS(=O)(=O)O)cc1. The lowest BCUT2D eigenvalue weighted by Gasteiger charge is -2.11. The summed E-state index contributed by atoms with van der Waals surface area (Å²) in [6.07, 6.45) is 57.3. The van der Waals surface area contributed by atoms with Crippen molar-refractivity contribution in [3.8, 4) is 0 Å². The zero-order chi connectivity index (χ0) is 89.0. The van der Waals surface area contributed by atoms with E-state index >= 15 is 0 Å². The molecule has 0 saturated carbocycles. The molecule has 0 saturated heterocycles. The molecule has 680 valence electrons. The zero-order valence-electron chi connectivity index (χ0n) is 74.9. The highest BCUT2D eigenvalue weighted by atomic mass is 32.2. The number of carbonyl (C=O) groups excluding carboxylic acids is 2. The molecule has 0 aliphatic carbocycles. The number of carboxylic acid groups (broad SMARTS) is 2. The molecule has 0 spiro atoms. The summed E-state index contributed by atoms with van der Waals surface area (Å²) < 4.78 is 54.1. The number of anilines is 1. The lowest BCUT2D eigenvalue weighted by Crippen LogP contribution is -2.43. The van der Waals surface area contributed by atoms with Crippen molar-refractivity contribution in [1.82, 2.24) is 25.3 Å². The Bertz CT molecular complexity index is 3830. The molecule has 0 aliphatic heterocycles. The Morgan fingerprint density at radius 2 is 0.653 bits per heavy atom. The average Bonchev–Trinajstić information content (AvgIpc) is 1.59.